The lowest BCUT2D eigenvalue weighted by molar-refractivity contribution is -0.137. The molecule has 0 radical (unpaired) electrons. The van der Waals surface area contributed by atoms with Gasteiger partial charge in [-0.3, -0.25) is 0 Å². The molecule has 0 spiro atoms. The summed E-state index contributed by atoms with van der Waals surface area (Å²) in [4.78, 5) is 0. The van der Waals surface area contributed by atoms with Gasteiger partial charge in [0.05, 0.1) is 5.56 Å². The van der Waals surface area contributed by atoms with Crippen LogP contribution < -0.4 is 0 Å². The molecule has 0 aromatic heterocycles. The molecule has 0 atom stereocenters. The number of benzene rings is 14. The van der Waals surface area contributed by atoms with E-state index >= 15 is 0 Å². The third-order valence-corrected chi connectivity index (χ3v) is 15.4. The summed E-state index contributed by atoms with van der Waals surface area (Å²) in [7, 11) is 0. The zero-order chi connectivity index (χ0) is 54.9. The Hall–Kier alpha value is -10.2. The minimum Gasteiger partial charge on any atom is -0.207 e. The Labute approximate surface area is 468 Å². The van der Waals surface area contributed by atoms with Gasteiger partial charge >= 0.3 is 6.18 Å². The molecule has 386 valence electrons. The molecule has 14 rings (SSSR count). The third-order valence-electron chi connectivity index (χ3n) is 15.4. The number of hydrogen-bond donors (Lipinski definition) is 0. The van der Waals surface area contributed by atoms with Crippen LogP contribution in [0, 0.1) is 5.82 Å². The van der Waals surface area contributed by atoms with E-state index in [0.717, 1.165) is 67.4 Å². The largest absolute Gasteiger partial charge is 0.416 e. The maximum Gasteiger partial charge on any atom is 0.416 e. The molecule has 0 aliphatic carbocycles. The quantitative estimate of drug-likeness (QED) is 0.105. The van der Waals surface area contributed by atoms with Crippen LogP contribution in [-0.2, 0) is 6.18 Å². The smallest absolute Gasteiger partial charge is 0.207 e. The summed E-state index contributed by atoms with van der Waals surface area (Å²) in [5, 5.41) is 9.57. The fourth-order valence-electron chi connectivity index (χ4n) is 11.6. The fourth-order valence-corrected chi connectivity index (χ4v) is 11.6. The highest BCUT2D eigenvalue weighted by molar-refractivity contribution is 6.23. The lowest BCUT2D eigenvalue weighted by Gasteiger charge is -2.18. The van der Waals surface area contributed by atoms with Crippen molar-refractivity contribution in [1.82, 2.24) is 0 Å². The minimum absolute atomic E-state index is 0.220. The first-order chi connectivity index (χ1) is 39.7. The van der Waals surface area contributed by atoms with Crippen molar-refractivity contribution in [3.63, 3.8) is 0 Å². The maximum atomic E-state index is 13.4. The summed E-state index contributed by atoms with van der Waals surface area (Å²) in [5.41, 5.74) is 17.2. The van der Waals surface area contributed by atoms with Gasteiger partial charge in [0.25, 0.3) is 0 Å². The molecule has 0 unspecified atom stereocenters. The second kappa shape index (κ2) is 21.6. The average molecular weight is 1050 g/mol. The summed E-state index contributed by atoms with van der Waals surface area (Å²) >= 11 is 0. The van der Waals surface area contributed by atoms with Gasteiger partial charge in [-0.05, 0) is 169 Å². The van der Waals surface area contributed by atoms with Crippen LogP contribution in [0.1, 0.15) is 5.56 Å². The summed E-state index contributed by atoms with van der Waals surface area (Å²) in [6.45, 7) is 0. The van der Waals surface area contributed by atoms with Crippen molar-refractivity contribution in [1.29, 1.82) is 0 Å². The van der Waals surface area contributed by atoms with E-state index in [2.05, 4.69) is 237 Å². The molecular weight excluding hydrogens is 1000 g/mol. The van der Waals surface area contributed by atoms with Gasteiger partial charge in [-0.15, -0.1) is 0 Å². The standard InChI is InChI=1S/C39H25F3.C38H25F/c40-39(41,42)32-23-21-28(22-24-32)27-17-19-29(20-18-27)37-33-13-4-6-15-35(33)38(36-16-7-5-14-34(36)37)31-12-8-11-30(25-31)26-9-2-1-3-10-26;39-32-23-21-28(22-24-32)27-17-19-29(20-18-27)37-33-13-4-6-15-35(33)38(36-16-7-5-14-34(36)37)31-12-8-11-30(25-31)26-9-2-1-3-10-26/h1-25H;1-25H. The molecule has 14 aromatic rings. The Kier molecular flexibility index (Phi) is 13.4. The molecule has 0 amide bonds. The second-order valence-electron chi connectivity index (χ2n) is 20.3. The van der Waals surface area contributed by atoms with E-state index in [-0.39, 0.29) is 5.82 Å². The van der Waals surface area contributed by atoms with Crippen molar-refractivity contribution in [2.45, 2.75) is 6.18 Å². The zero-order valence-corrected chi connectivity index (χ0v) is 43.9. The van der Waals surface area contributed by atoms with Gasteiger partial charge in [0.2, 0.25) is 0 Å². The first-order valence-electron chi connectivity index (χ1n) is 27.1. The zero-order valence-electron chi connectivity index (χ0n) is 43.9. The van der Waals surface area contributed by atoms with Crippen LogP contribution in [0.25, 0.3) is 132 Å². The first kappa shape index (κ1) is 50.4. The molecule has 0 saturated heterocycles. The molecule has 0 N–H and O–H groups in total. The van der Waals surface area contributed by atoms with E-state index in [1.807, 2.05) is 30.3 Å². The summed E-state index contributed by atoms with van der Waals surface area (Å²) in [5.74, 6) is -0.220. The minimum atomic E-state index is -4.35. The van der Waals surface area contributed by atoms with Gasteiger partial charge in [-0.2, -0.15) is 13.2 Å². The van der Waals surface area contributed by atoms with E-state index in [0.29, 0.717) is 0 Å². The highest BCUT2D eigenvalue weighted by atomic mass is 19.4. The van der Waals surface area contributed by atoms with Crippen molar-refractivity contribution in [2.75, 3.05) is 0 Å². The molecule has 0 fully saturated rings. The molecular formula is C77H50F4. The van der Waals surface area contributed by atoms with E-state index in [1.165, 1.54) is 101 Å². The van der Waals surface area contributed by atoms with Crippen molar-refractivity contribution in [3.8, 4) is 89.0 Å². The maximum absolute atomic E-state index is 13.4. The predicted molar refractivity (Wildman–Crippen MR) is 331 cm³/mol. The molecule has 81 heavy (non-hydrogen) atoms. The van der Waals surface area contributed by atoms with Gasteiger partial charge in [-0.25, -0.2) is 4.39 Å². The van der Waals surface area contributed by atoms with Gasteiger partial charge in [-0.1, -0.05) is 267 Å². The Morgan fingerprint density at radius 3 is 0.716 bits per heavy atom. The second-order valence-corrected chi connectivity index (χ2v) is 20.3. The number of fused-ring (bicyclic) bond motifs is 4. The molecule has 4 heteroatoms. The molecule has 0 nitrogen and oxygen atoms in total. The van der Waals surface area contributed by atoms with Gasteiger partial charge in [0.15, 0.2) is 0 Å². The van der Waals surface area contributed by atoms with Gasteiger partial charge < -0.3 is 0 Å². The van der Waals surface area contributed by atoms with Crippen LogP contribution >= 0.6 is 0 Å². The Bertz CT molecular complexity index is 4450. The number of halogens is 4. The van der Waals surface area contributed by atoms with E-state index in [4.69, 9.17) is 0 Å². The van der Waals surface area contributed by atoms with Crippen molar-refractivity contribution < 1.29 is 17.6 Å². The summed E-state index contributed by atoms with van der Waals surface area (Å²) in [6, 6.07) is 102. The average Bonchev–Trinajstić information content (AvgIpc) is 3.67. The highest BCUT2D eigenvalue weighted by Gasteiger charge is 2.30. The Morgan fingerprint density at radius 2 is 0.407 bits per heavy atom. The number of alkyl halides is 3. The van der Waals surface area contributed by atoms with Crippen LogP contribution in [0.2, 0.25) is 0 Å². The molecule has 0 saturated carbocycles. The van der Waals surface area contributed by atoms with Gasteiger partial charge in [0, 0.05) is 0 Å². The lowest BCUT2D eigenvalue weighted by Crippen LogP contribution is -2.03. The SMILES string of the molecule is FC(F)(F)c1ccc(-c2ccc(-c3c4ccccc4c(-c4cccc(-c5ccccc5)c4)c4ccccc34)cc2)cc1.Fc1ccc(-c2ccc(-c3c4ccccc4c(-c4cccc(-c5ccccc5)c4)c4ccccc34)cc2)cc1. The van der Waals surface area contributed by atoms with Crippen molar-refractivity contribution >= 4 is 43.1 Å². The molecule has 0 heterocycles. The monoisotopic (exact) mass is 1050 g/mol. The Balaban J connectivity index is 0.000000153. The van der Waals surface area contributed by atoms with Crippen molar-refractivity contribution in [3.05, 3.63) is 315 Å². The summed E-state index contributed by atoms with van der Waals surface area (Å²) < 4.78 is 52.6. The van der Waals surface area contributed by atoms with E-state index < -0.39 is 11.7 Å². The van der Waals surface area contributed by atoms with E-state index in [1.54, 1.807) is 0 Å². The molecule has 0 bridgehead atoms. The number of rotatable bonds is 8. The van der Waals surface area contributed by atoms with Crippen LogP contribution in [-0.4, -0.2) is 0 Å². The van der Waals surface area contributed by atoms with Gasteiger partial charge in [0.1, 0.15) is 5.82 Å². The van der Waals surface area contributed by atoms with Crippen LogP contribution in [0.5, 0.6) is 0 Å². The third kappa shape index (κ3) is 9.94. The van der Waals surface area contributed by atoms with Crippen LogP contribution in [0.15, 0.2) is 303 Å². The molecule has 0 aliphatic rings. The number of hydrogen-bond acceptors (Lipinski definition) is 0. The lowest BCUT2D eigenvalue weighted by atomic mass is 9.85. The topological polar surface area (TPSA) is 0 Å². The predicted octanol–water partition coefficient (Wildman–Crippen LogP) is 22.5. The Morgan fingerprint density at radius 1 is 0.185 bits per heavy atom. The first-order valence-corrected chi connectivity index (χ1v) is 27.1. The van der Waals surface area contributed by atoms with Crippen LogP contribution in [0.3, 0.4) is 0 Å². The van der Waals surface area contributed by atoms with E-state index in [9.17, 15) is 17.6 Å². The van der Waals surface area contributed by atoms with Crippen molar-refractivity contribution in [2.24, 2.45) is 0 Å². The van der Waals surface area contributed by atoms with Crippen LogP contribution in [0.4, 0.5) is 17.6 Å². The highest BCUT2D eigenvalue weighted by Crippen LogP contribution is 2.47. The molecule has 14 aromatic carbocycles. The fraction of sp³-hybridized carbons (Fsp3) is 0.0130. The molecule has 0 aliphatic heterocycles. The summed E-state index contributed by atoms with van der Waals surface area (Å²) in [6.07, 6.45) is -4.35. The normalized spacial score (nSPS) is 11.5.